The van der Waals surface area contributed by atoms with E-state index in [1.165, 1.54) is 0 Å². The lowest BCUT2D eigenvalue weighted by Crippen LogP contribution is -2.20. The van der Waals surface area contributed by atoms with Gasteiger partial charge >= 0.3 is 0 Å². The molecule has 1 rings (SSSR count). The molecule has 0 saturated heterocycles. The first-order valence-electron chi connectivity index (χ1n) is 5.64. The van der Waals surface area contributed by atoms with Crippen molar-refractivity contribution in [2.24, 2.45) is 0 Å². The number of carbonyl (C=O) groups is 1. The summed E-state index contributed by atoms with van der Waals surface area (Å²) in [6, 6.07) is 5.18. The van der Waals surface area contributed by atoms with E-state index >= 15 is 0 Å². The fourth-order valence-corrected chi connectivity index (χ4v) is 1.59. The second-order valence-corrected chi connectivity index (χ2v) is 4.50. The van der Waals surface area contributed by atoms with Gasteiger partial charge in [-0.3, -0.25) is 4.79 Å². The summed E-state index contributed by atoms with van der Waals surface area (Å²) in [5.74, 6) is 0.0842. The number of aliphatic hydroxyl groups excluding tert-OH is 1. The summed E-state index contributed by atoms with van der Waals surface area (Å²) < 4.78 is 0. The fraction of sp³-hybridized carbons (Fsp3) is 0.417. The normalized spacial score (nSPS) is 12.0. The maximum absolute atomic E-state index is 11.2. The molecule has 0 fully saturated rings. The maximum Gasteiger partial charge on any atom is 0.224 e. The number of halogens is 2. The van der Waals surface area contributed by atoms with Crippen LogP contribution in [-0.2, 0) is 4.79 Å². The summed E-state index contributed by atoms with van der Waals surface area (Å²) in [6.07, 6.45) is -0.206. The third-order valence-electron chi connectivity index (χ3n) is 2.28. The van der Waals surface area contributed by atoms with Crippen molar-refractivity contribution in [1.29, 1.82) is 0 Å². The van der Waals surface area contributed by atoms with Gasteiger partial charge in [-0.25, -0.2) is 0 Å². The summed E-state index contributed by atoms with van der Waals surface area (Å²) in [5.41, 5.74) is 1.34. The van der Waals surface area contributed by atoms with E-state index in [1.54, 1.807) is 25.1 Å². The smallest absolute Gasteiger partial charge is 0.224 e. The van der Waals surface area contributed by atoms with E-state index in [0.29, 0.717) is 23.7 Å². The first-order valence-corrected chi connectivity index (χ1v) is 6.55. The largest absolute Gasteiger partial charge is 0.390 e. The predicted octanol–water partition coefficient (Wildman–Crippen LogP) is 2.70. The van der Waals surface area contributed by atoms with Crippen LogP contribution in [-0.4, -0.2) is 29.5 Å². The number of anilines is 2. The molecule has 1 aromatic carbocycles. The first kappa shape index (κ1) is 15.1. The van der Waals surface area contributed by atoms with Crippen LogP contribution >= 0.6 is 23.2 Å². The number of hydrogen-bond acceptors (Lipinski definition) is 3. The van der Waals surface area contributed by atoms with Crippen molar-refractivity contribution in [3.05, 3.63) is 23.2 Å². The van der Waals surface area contributed by atoms with E-state index in [2.05, 4.69) is 10.6 Å². The lowest BCUT2D eigenvalue weighted by atomic mass is 10.2. The highest BCUT2D eigenvalue weighted by Gasteiger charge is 2.06. The molecule has 1 aromatic rings. The van der Waals surface area contributed by atoms with Gasteiger partial charge in [-0.05, 0) is 18.2 Å². The minimum atomic E-state index is -0.607. The summed E-state index contributed by atoms with van der Waals surface area (Å²) in [5, 5.41) is 15.4. The van der Waals surface area contributed by atoms with E-state index in [1.807, 2.05) is 0 Å². The van der Waals surface area contributed by atoms with Gasteiger partial charge in [0.05, 0.1) is 22.7 Å². The highest BCUT2D eigenvalue weighted by Crippen LogP contribution is 2.25. The van der Waals surface area contributed by atoms with Crippen LogP contribution in [0.15, 0.2) is 18.2 Å². The third-order valence-corrected chi connectivity index (χ3v) is 2.95. The van der Waals surface area contributed by atoms with E-state index in [4.69, 9.17) is 23.2 Å². The molecule has 100 valence electrons. The van der Waals surface area contributed by atoms with Crippen LogP contribution in [0.4, 0.5) is 11.4 Å². The Morgan fingerprint density at radius 3 is 2.78 bits per heavy atom. The molecule has 0 saturated carbocycles. The Labute approximate surface area is 116 Å². The minimum Gasteiger partial charge on any atom is -0.390 e. The number of rotatable bonds is 6. The van der Waals surface area contributed by atoms with Gasteiger partial charge in [0.1, 0.15) is 0 Å². The summed E-state index contributed by atoms with van der Waals surface area (Å²) in [7, 11) is 0. The predicted molar refractivity (Wildman–Crippen MR) is 75.6 cm³/mol. The van der Waals surface area contributed by atoms with Gasteiger partial charge in [-0.1, -0.05) is 18.5 Å². The van der Waals surface area contributed by atoms with E-state index < -0.39 is 6.10 Å². The van der Waals surface area contributed by atoms with Crippen molar-refractivity contribution in [2.75, 3.05) is 23.1 Å². The topological polar surface area (TPSA) is 61.4 Å². The Kier molecular flexibility index (Phi) is 6.25. The number of amides is 1. The lowest BCUT2D eigenvalue weighted by molar-refractivity contribution is -0.115. The monoisotopic (exact) mass is 290 g/mol. The molecule has 0 aliphatic carbocycles. The summed E-state index contributed by atoms with van der Waals surface area (Å²) in [6.45, 7) is 2.12. The molecule has 1 atom stereocenters. The van der Waals surface area contributed by atoms with Crippen LogP contribution in [0.1, 0.15) is 13.3 Å². The van der Waals surface area contributed by atoms with Crippen LogP contribution in [0.2, 0.25) is 5.02 Å². The number of aliphatic hydroxyl groups is 1. The van der Waals surface area contributed by atoms with E-state index in [9.17, 15) is 9.90 Å². The molecule has 1 unspecified atom stereocenters. The SMILES string of the molecule is CCC(=O)Nc1ccc(NCC(O)CCl)cc1Cl. The molecule has 6 heteroatoms. The third kappa shape index (κ3) is 4.72. The Balaban J connectivity index is 2.64. The average molecular weight is 291 g/mol. The molecule has 0 aromatic heterocycles. The zero-order valence-electron chi connectivity index (χ0n) is 10.0. The summed E-state index contributed by atoms with van der Waals surface area (Å²) in [4.78, 5) is 11.2. The highest BCUT2D eigenvalue weighted by atomic mass is 35.5. The Morgan fingerprint density at radius 1 is 1.50 bits per heavy atom. The van der Waals surface area contributed by atoms with Crippen molar-refractivity contribution in [3.63, 3.8) is 0 Å². The molecule has 0 radical (unpaired) electrons. The van der Waals surface area contributed by atoms with Crippen LogP contribution in [0.3, 0.4) is 0 Å². The minimum absolute atomic E-state index is 0.0878. The van der Waals surface area contributed by atoms with Gasteiger partial charge in [-0.15, -0.1) is 11.6 Å². The highest BCUT2D eigenvalue weighted by molar-refractivity contribution is 6.34. The van der Waals surface area contributed by atoms with Crippen LogP contribution in [0.5, 0.6) is 0 Å². The van der Waals surface area contributed by atoms with Crippen molar-refractivity contribution < 1.29 is 9.90 Å². The maximum atomic E-state index is 11.2. The second kappa shape index (κ2) is 7.46. The van der Waals surface area contributed by atoms with Gasteiger partial charge in [0.15, 0.2) is 0 Å². The van der Waals surface area contributed by atoms with E-state index in [-0.39, 0.29) is 11.8 Å². The van der Waals surface area contributed by atoms with Crippen molar-refractivity contribution in [2.45, 2.75) is 19.4 Å². The molecule has 3 N–H and O–H groups in total. The van der Waals surface area contributed by atoms with Crippen LogP contribution in [0, 0.1) is 0 Å². The standard InChI is InChI=1S/C12H16Cl2N2O2/c1-2-12(18)16-11-4-3-8(5-10(11)14)15-7-9(17)6-13/h3-5,9,15,17H,2,6-7H2,1H3,(H,16,18). The van der Waals surface area contributed by atoms with Crippen LogP contribution < -0.4 is 10.6 Å². The Hall–Kier alpha value is -0.970. The molecule has 0 spiro atoms. The number of nitrogens with one attached hydrogen (secondary N) is 2. The van der Waals surface area contributed by atoms with E-state index in [0.717, 1.165) is 5.69 Å². The number of hydrogen-bond donors (Lipinski definition) is 3. The molecule has 4 nitrogen and oxygen atoms in total. The van der Waals surface area contributed by atoms with Gasteiger partial charge in [0.25, 0.3) is 0 Å². The molecular weight excluding hydrogens is 275 g/mol. The molecule has 18 heavy (non-hydrogen) atoms. The number of benzene rings is 1. The molecule has 0 bridgehead atoms. The molecular formula is C12H16Cl2N2O2. The van der Waals surface area contributed by atoms with Gasteiger partial charge in [0.2, 0.25) is 5.91 Å². The molecule has 1 amide bonds. The summed E-state index contributed by atoms with van der Waals surface area (Å²) >= 11 is 11.5. The zero-order valence-corrected chi connectivity index (χ0v) is 11.6. The molecule has 0 heterocycles. The van der Waals surface area contributed by atoms with Crippen molar-refractivity contribution in [3.8, 4) is 0 Å². The lowest BCUT2D eigenvalue weighted by Gasteiger charge is -2.12. The first-order chi connectivity index (χ1) is 8.56. The Morgan fingerprint density at radius 2 is 2.22 bits per heavy atom. The number of alkyl halides is 1. The van der Waals surface area contributed by atoms with Crippen molar-refractivity contribution in [1.82, 2.24) is 0 Å². The molecule has 0 aliphatic heterocycles. The average Bonchev–Trinajstić information content (AvgIpc) is 2.38. The van der Waals surface area contributed by atoms with Gasteiger partial charge < -0.3 is 15.7 Å². The van der Waals surface area contributed by atoms with Crippen LogP contribution in [0.25, 0.3) is 0 Å². The molecule has 0 aliphatic rings. The number of carbonyl (C=O) groups excluding carboxylic acids is 1. The Bertz CT molecular complexity index is 413. The van der Waals surface area contributed by atoms with Gasteiger partial charge in [-0.2, -0.15) is 0 Å². The quantitative estimate of drug-likeness (QED) is 0.706. The van der Waals surface area contributed by atoms with Crippen molar-refractivity contribution >= 4 is 40.5 Å². The zero-order chi connectivity index (χ0) is 13.5. The second-order valence-electron chi connectivity index (χ2n) is 3.79. The fourth-order valence-electron chi connectivity index (χ4n) is 1.26. The van der Waals surface area contributed by atoms with Gasteiger partial charge in [0, 0.05) is 18.7 Å².